The normalized spacial score (nSPS) is 19.2. The summed E-state index contributed by atoms with van der Waals surface area (Å²) >= 11 is 0. The molecule has 0 spiro atoms. The maximum Gasteiger partial charge on any atom is 0.178 e. The number of allylic oxidation sites excluding steroid dienone is 4. The van der Waals surface area contributed by atoms with Crippen LogP contribution in [-0.2, 0) is 4.79 Å². The van der Waals surface area contributed by atoms with Crippen LogP contribution in [0.15, 0.2) is 48.6 Å². The first-order valence-corrected chi connectivity index (χ1v) is 4.68. The molecule has 1 aromatic carbocycles. The van der Waals surface area contributed by atoms with Gasteiger partial charge in [0.25, 0.3) is 0 Å². The quantitative estimate of drug-likeness (QED) is 0.536. The number of Topliss-reactive ketones (excluding diaryl/α,β-unsaturated/α-hetero) is 2. The highest BCUT2D eigenvalue weighted by Gasteiger charge is 2.24. The number of rotatable bonds is 2. The lowest BCUT2D eigenvalue weighted by molar-refractivity contribution is -0.116. The van der Waals surface area contributed by atoms with Crippen molar-refractivity contribution < 1.29 is 9.59 Å². The number of hydrogen-bond donors (Lipinski definition) is 0. The highest BCUT2D eigenvalue weighted by Crippen LogP contribution is 2.14. The zero-order valence-corrected chi connectivity index (χ0v) is 8.01. The maximum atomic E-state index is 11.9. The van der Waals surface area contributed by atoms with Crippen molar-refractivity contribution in [2.75, 3.05) is 0 Å². The van der Waals surface area contributed by atoms with Crippen molar-refractivity contribution in [2.24, 2.45) is 5.92 Å². The smallest absolute Gasteiger partial charge is 0.178 e. The van der Waals surface area contributed by atoms with Crippen molar-refractivity contribution in [1.82, 2.24) is 0 Å². The van der Waals surface area contributed by atoms with Crippen LogP contribution in [0, 0.1) is 12.0 Å². The molecule has 0 bridgehead atoms. The minimum absolute atomic E-state index is 0.169. The van der Waals surface area contributed by atoms with Gasteiger partial charge in [0, 0.05) is 11.6 Å². The van der Waals surface area contributed by atoms with Gasteiger partial charge in [0.2, 0.25) is 0 Å². The number of hydrogen-bond acceptors (Lipinski definition) is 2. The van der Waals surface area contributed by atoms with Crippen LogP contribution in [0.1, 0.15) is 10.4 Å². The van der Waals surface area contributed by atoms with E-state index in [0.717, 1.165) is 0 Å². The second-order valence-corrected chi connectivity index (χ2v) is 3.27. The van der Waals surface area contributed by atoms with Crippen molar-refractivity contribution >= 4 is 11.6 Å². The number of carbonyl (C=O) groups is 2. The SMILES string of the molecule is O=C1[C]=CC=CC1C(=O)c1ccccc1. The van der Waals surface area contributed by atoms with Gasteiger partial charge in [-0.15, -0.1) is 0 Å². The number of benzene rings is 1. The van der Waals surface area contributed by atoms with Gasteiger partial charge in [-0.2, -0.15) is 0 Å². The van der Waals surface area contributed by atoms with E-state index in [0.29, 0.717) is 5.56 Å². The first-order chi connectivity index (χ1) is 7.29. The van der Waals surface area contributed by atoms with E-state index in [2.05, 4.69) is 6.08 Å². The van der Waals surface area contributed by atoms with E-state index in [9.17, 15) is 9.59 Å². The summed E-state index contributed by atoms with van der Waals surface area (Å²) in [6, 6.07) is 8.82. The van der Waals surface area contributed by atoms with Crippen LogP contribution in [-0.4, -0.2) is 11.6 Å². The Morgan fingerprint density at radius 3 is 2.60 bits per heavy atom. The molecule has 0 saturated carbocycles. The van der Waals surface area contributed by atoms with Crippen LogP contribution >= 0.6 is 0 Å². The summed E-state index contributed by atoms with van der Waals surface area (Å²) in [5.74, 6) is -1.14. The van der Waals surface area contributed by atoms with E-state index in [4.69, 9.17) is 0 Å². The second kappa shape index (κ2) is 4.05. The third-order valence-electron chi connectivity index (χ3n) is 2.25. The molecule has 1 aromatic rings. The Balaban J connectivity index is 2.26. The predicted octanol–water partition coefficient (Wildman–Crippen LogP) is 1.98. The van der Waals surface area contributed by atoms with Gasteiger partial charge in [0.1, 0.15) is 5.92 Å². The van der Waals surface area contributed by atoms with E-state index in [1.54, 1.807) is 36.4 Å². The van der Waals surface area contributed by atoms with Crippen molar-refractivity contribution in [2.45, 2.75) is 0 Å². The molecule has 0 N–H and O–H groups in total. The molecule has 73 valence electrons. The summed E-state index contributed by atoms with van der Waals surface area (Å²) < 4.78 is 0. The van der Waals surface area contributed by atoms with Gasteiger partial charge < -0.3 is 0 Å². The van der Waals surface area contributed by atoms with Gasteiger partial charge in [-0.25, -0.2) is 0 Å². The van der Waals surface area contributed by atoms with E-state index in [1.165, 1.54) is 6.08 Å². The van der Waals surface area contributed by atoms with Crippen molar-refractivity contribution in [3.63, 3.8) is 0 Å². The molecule has 2 rings (SSSR count). The van der Waals surface area contributed by atoms with Gasteiger partial charge in [0.15, 0.2) is 11.6 Å². The fourth-order valence-corrected chi connectivity index (χ4v) is 1.46. The Labute approximate surface area is 87.9 Å². The van der Waals surface area contributed by atoms with Crippen molar-refractivity contribution in [3.05, 3.63) is 60.2 Å². The minimum Gasteiger partial charge on any atom is -0.293 e. The second-order valence-electron chi connectivity index (χ2n) is 3.27. The Hall–Kier alpha value is -1.96. The lowest BCUT2D eigenvalue weighted by Gasteiger charge is -2.09. The van der Waals surface area contributed by atoms with Crippen LogP contribution in [0.2, 0.25) is 0 Å². The van der Waals surface area contributed by atoms with Crippen molar-refractivity contribution in [1.29, 1.82) is 0 Å². The minimum atomic E-state index is -0.697. The molecule has 1 unspecified atom stereocenters. The van der Waals surface area contributed by atoms with Gasteiger partial charge in [0.05, 0.1) is 0 Å². The first kappa shape index (κ1) is 9.59. The van der Waals surface area contributed by atoms with E-state index in [1.807, 2.05) is 6.07 Å². The lowest BCUT2D eigenvalue weighted by Crippen LogP contribution is -2.22. The topological polar surface area (TPSA) is 34.1 Å². The first-order valence-electron chi connectivity index (χ1n) is 4.68. The van der Waals surface area contributed by atoms with Crippen LogP contribution in [0.5, 0.6) is 0 Å². The molecular formula is C13H9O2. The third kappa shape index (κ3) is 1.94. The Morgan fingerprint density at radius 2 is 1.93 bits per heavy atom. The summed E-state index contributed by atoms with van der Waals surface area (Å²) in [7, 11) is 0. The highest BCUT2D eigenvalue weighted by molar-refractivity contribution is 6.14. The van der Waals surface area contributed by atoms with Crippen LogP contribution < -0.4 is 0 Å². The zero-order valence-electron chi connectivity index (χ0n) is 8.01. The molecule has 15 heavy (non-hydrogen) atoms. The van der Waals surface area contributed by atoms with Gasteiger partial charge in [-0.05, 0) is 0 Å². The Morgan fingerprint density at radius 1 is 1.20 bits per heavy atom. The largest absolute Gasteiger partial charge is 0.293 e. The fraction of sp³-hybridized carbons (Fsp3) is 0.0769. The molecule has 1 aliphatic rings. The average Bonchev–Trinajstić information content (AvgIpc) is 2.30. The fourth-order valence-electron chi connectivity index (χ4n) is 1.46. The molecular weight excluding hydrogens is 188 g/mol. The van der Waals surface area contributed by atoms with Gasteiger partial charge in [-0.1, -0.05) is 48.6 Å². The molecule has 2 nitrogen and oxygen atoms in total. The molecule has 0 amide bonds. The number of carbonyl (C=O) groups excluding carboxylic acids is 2. The highest BCUT2D eigenvalue weighted by atomic mass is 16.1. The summed E-state index contributed by atoms with van der Waals surface area (Å²) in [6.45, 7) is 0. The van der Waals surface area contributed by atoms with Crippen molar-refractivity contribution in [3.8, 4) is 0 Å². The summed E-state index contributed by atoms with van der Waals surface area (Å²) in [5.41, 5.74) is 0.559. The third-order valence-corrected chi connectivity index (χ3v) is 2.25. The molecule has 0 saturated heterocycles. The van der Waals surface area contributed by atoms with Crippen LogP contribution in [0.4, 0.5) is 0 Å². The molecule has 0 aromatic heterocycles. The van der Waals surface area contributed by atoms with E-state index in [-0.39, 0.29) is 11.6 Å². The van der Waals surface area contributed by atoms with Crippen LogP contribution in [0.25, 0.3) is 0 Å². The Kier molecular flexibility index (Phi) is 2.59. The molecule has 0 fully saturated rings. The van der Waals surface area contributed by atoms with E-state index >= 15 is 0 Å². The molecule has 1 radical (unpaired) electrons. The monoisotopic (exact) mass is 197 g/mol. The molecule has 0 heterocycles. The summed E-state index contributed by atoms with van der Waals surface area (Å²) in [5, 5.41) is 0. The zero-order chi connectivity index (χ0) is 10.7. The predicted molar refractivity (Wildman–Crippen MR) is 56.2 cm³/mol. The Bertz CT molecular complexity index is 441. The summed E-state index contributed by atoms with van der Waals surface area (Å²) in [6.07, 6.45) is 7.31. The molecule has 2 heteroatoms. The van der Waals surface area contributed by atoms with Gasteiger partial charge in [-0.3, -0.25) is 9.59 Å². The molecule has 1 aliphatic carbocycles. The molecule has 1 atom stereocenters. The van der Waals surface area contributed by atoms with Gasteiger partial charge >= 0.3 is 0 Å². The van der Waals surface area contributed by atoms with Crippen LogP contribution in [0.3, 0.4) is 0 Å². The standard InChI is InChI=1S/C13H9O2/c14-12-9-5-4-8-11(12)13(15)10-6-2-1-3-7-10/h1-8,11H. The number of ketones is 2. The molecule has 0 aliphatic heterocycles. The maximum absolute atomic E-state index is 11.9. The average molecular weight is 197 g/mol. The summed E-state index contributed by atoms with van der Waals surface area (Å²) in [4.78, 5) is 23.3. The lowest BCUT2D eigenvalue weighted by atomic mass is 9.91. The van der Waals surface area contributed by atoms with E-state index < -0.39 is 5.92 Å².